The largest absolute Gasteiger partial charge is 0.490 e. The first kappa shape index (κ1) is 24.1. The minimum absolute atomic E-state index is 0.0324. The molecule has 34 heavy (non-hydrogen) atoms. The number of benzene rings is 2. The number of aliphatic carboxylic acids is 1. The first-order valence-electron chi connectivity index (χ1n) is 11.3. The summed E-state index contributed by atoms with van der Waals surface area (Å²) in [4.78, 5) is 25.6. The summed E-state index contributed by atoms with van der Waals surface area (Å²) in [6, 6.07) is 10.9. The molecule has 0 saturated carbocycles. The summed E-state index contributed by atoms with van der Waals surface area (Å²) in [6.45, 7) is 7.17. The van der Waals surface area contributed by atoms with E-state index in [9.17, 15) is 14.7 Å². The Morgan fingerprint density at radius 3 is 2.44 bits per heavy atom. The second kappa shape index (κ2) is 10.1. The predicted molar refractivity (Wildman–Crippen MR) is 130 cm³/mol. The van der Waals surface area contributed by atoms with E-state index in [4.69, 9.17) is 21.1 Å². The van der Waals surface area contributed by atoms with E-state index in [1.54, 1.807) is 4.90 Å². The molecule has 4 rings (SSSR count). The Morgan fingerprint density at radius 2 is 1.76 bits per heavy atom. The van der Waals surface area contributed by atoms with Gasteiger partial charge in [-0.3, -0.25) is 4.79 Å². The summed E-state index contributed by atoms with van der Waals surface area (Å²) >= 11 is 6.25. The number of hydrogen-bond acceptors (Lipinski definition) is 5. The third-order valence-electron chi connectivity index (χ3n) is 6.44. The number of carboxylic acids is 1. The number of aryl methyl sites for hydroxylation is 2. The molecule has 180 valence electrons. The number of nitrogens with zero attached hydrogens (tertiary/aromatic N) is 1. The van der Waals surface area contributed by atoms with Crippen LogP contribution >= 0.6 is 11.6 Å². The Bertz CT molecular complexity index is 1130. The number of hydrogen-bond donors (Lipinski definition) is 2. The predicted octanol–water partition coefficient (Wildman–Crippen LogP) is 3.85. The molecular weight excluding hydrogens is 456 g/mol. The van der Waals surface area contributed by atoms with Gasteiger partial charge in [0.05, 0.1) is 16.6 Å². The number of amides is 1. The molecule has 0 spiro atoms. The van der Waals surface area contributed by atoms with E-state index in [1.165, 1.54) is 6.92 Å². The third kappa shape index (κ3) is 5.21. The van der Waals surface area contributed by atoms with Gasteiger partial charge in [0.25, 0.3) is 0 Å². The van der Waals surface area contributed by atoms with Gasteiger partial charge >= 0.3 is 5.97 Å². The van der Waals surface area contributed by atoms with Gasteiger partial charge in [0.15, 0.2) is 0 Å². The minimum atomic E-state index is -0.959. The van der Waals surface area contributed by atoms with Crippen molar-refractivity contribution < 1.29 is 24.2 Å². The van der Waals surface area contributed by atoms with Gasteiger partial charge in [-0.25, -0.2) is 4.79 Å². The normalized spacial score (nSPS) is 19.7. The molecule has 2 aromatic rings. The van der Waals surface area contributed by atoms with Crippen molar-refractivity contribution in [2.45, 2.75) is 39.3 Å². The molecule has 8 heteroatoms. The first-order valence-corrected chi connectivity index (χ1v) is 11.7. The fourth-order valence-corrected chi connectivity index (χ4v) is 4.83. The third-order valence-corrected chi connectivity index (χ3v) is 6.74. The lowest BCUT2D eigenvalue weighted by atomic mass is 9.83. The number of carbonyl (C=O) groups excluding carboxylic acids is 1. The van der Waals surface area contributed by atoms with Crippen LogP contribution in [-0.4, -0.2) is 60.3 Å². The van der Waals surface area contributed by atoms with E-state index in [1.807, 2.05) is 50.2 Å². The molecule has 0 aromatic heterocycles. The topological polar surface area (TPSA) is 88.1 Å². The molecule has 2 N–H and O–H groups in total. The van der Waals surface area contributed by atoms with Crippen molar-refractivity contribution in [1.29, 1.82) is 0 Å². The summed E-state index contributed by atoms with van der Waals surface area (Å²) in [5.41, 5.74) is 4.22. The molecule has 1 unspecified atom stereocenters. The van der Waals surface area contributed by atoms with Gasteiger partial charge in [0, 0.05) is 26.1 Å². The lowest BCUT2D eigenvalue weighted by molar-refractivity contribution is -0.135. The van der Waals surface area contributed by atoms with Crippen molar-refractivity contribution in [2.24, 2.45) is 0 Å². The second-order valence-electron chi connectivity index (χ2n) is 8.83. The summed E-state index contributed by atoms with van der Waals surface area (Å²) < 4.78 is 11.6. The van der Waals surface area contributed by atoms with E-state index in [-0.39, 0.29) is 18.0 Å². The van der Waals surface area contributed by atoms with Gasteiger partial charge in [-0.2, -0.15) is 0 Å². The van der Waals surface area contributed by atoms with Crippen molar-refractivity contribution in [1.82, 2.24) is 10.2 Å². The zero-order chi connectivity index (χ0) is 24.4. The van der Waals surface area contributed by atoms with Crippen molar-refractivity contribution in [3.05, 3.63) is 63.7 Å². The molecule has 7 nitrogen and oxygen atoms in total. The lowest BCUT2D eigenvalue weighted by Crippen LogP contribution is -2.61. The van der Waals surface area contributed by atoms with Crippen molar-refractivity contribution in [2.75, 3.05) is 26.3 Å². The number of ether oxygens (including phenoxy) is 2. The number of nitrogens with one attached hydrogen (secondary N) is 1. The van der Waals surface area contributed by atoms with Crippen molar-refractivity contribution in [3.63, 3.8) is 0 Å². The molecule has 2 aromatic carbocycles. The second-order valence-corrected chi connectivity index (χ2v) is 9.24. The fourth-order valence-electron chi connectivity index (χ4n) is 4.55. The number of rotatable bonds is 7. The standard InChI is InChI=1S/C26H29ClN2O5/c1-15-10-22(27)24(11-16(15)2)34-9-8-33-20-6-4-18(5-7-20)21-12-19-13-29(17(3)30)14-23(28-19)25(21)26(31)32/h4-7,10-11,19,23,28H,8-9,12-14H2,1-3H3,(H,31,32)/t19?,23-/m1/s1. The lowest BCUT2D eigenvalue weighted by Gasteiger charge is -2.43. The monoisotopic (exact) mass is 484 g/mol. The van der Waals surface area contributed by atoms with Crippen LogP contribution in [0.15, 0.2) is 42.0 Å². The highest BCUT2D eigenvalue weighted by Gasteiger charge is 2.39. The van der Waals surface area contributed by atoms with E-state index in [0.29, 0.717) is 54.8 Å². The molecule has 0 radical (unpaired) electrons. The Balaban J connectivity index is 1.41. The molecule has 1 amide bonds. The minimum Gasteiger partial charge on any atom is -0.490 e. The highest BCUT2D eigenvalue weighted by molar-refractivity contribution is 6.32. The Morgan fingerprint density at radius 1 is 1.09 bits per heavy atom. The van der Waals surface area contributed by atoms with Gasteiger partial charge in [0.1, 0.15) is 24.7 Å². The molecule has 2 bridgehead atoms. The fraction of sp³-hybridized carbons (Fsp3) is 0.385. The van der Waals surface area contributed by atoms with Gasteiger partial charge in [-0.05, 0) is 66.8 Å². The van der Waals surface area contributed by atoms with Crippen LogP contribution in [-0.2, 0) is 9.59 Å². The quantitative estimate of drug-likeness (QED) is 0.580. The van der Waals surface area contributed by atoms with E-state index in [0.717, 1.165) is 22.3 Å². The van der Waals surface area contributed by atoms with Gasteiger partial charge in [0.2, 0.25) is 5.91 Å². The maximum Gasteiger partial charge on any atom is 0.333 e. The number of carboxylic acid groups (broad SMARTS) is 1. The van der Waals surface area contributed by atoms with Crippen LogP contribution in [0.3, 0.4) is 0 Å². The van der Waals surface area contributed by atoms with E-state index < -0.39 is 5.97 Å². The van der Waals surface area contributed by atoms with Crippen LogP contribution in [0, 0.1) is 13.8 Å². The molecule has 1 saturated heterocycles. The van der Waals surface area contributed by atoms with Crippen LogP contribution in [0.25, 0.3) is 5.57 Å². The molecule has 2 aliphatic rings. The summed E-state index contributed by atoms with van der Waals surface area (Å²) in [7, 11) is 0. The zero-order valence-electron chi connectivity index (χ0n) is 19.6. The summed E-state index contributed by atoms with van der Waals surface area (Å²) in [5, 5.41) is 13.8. The molecule has 1 fully saturated rings. The maximum atomic E-state index is 12.1. The highest BCUT2D eigenvalue weighted by Crippen LogP contribution is 2.34. The zero-order valence-corrected chi connectivity index (χ0v) is 20.3. The maximum absolute atomic E-state index is 12.1. The molecule has 0 aliphatic carbocycles. The number of carbonyl (C=O) groups is 2. The molecule has 2 heterocycles. The summed E-state index contributed by atoms with van der Waals surface area (Å²) in [6.07, 6.45) is 0.548. The number of fused-ring (bicyclic) bond motifs is 2. The van der Waals surface area contributed by atoms with E-state index in [2.05, 4.69) is 5.32 Å². The highest BCUT2D eigenvalue weighted by atomic mass is 35.5. The van der Waals surface area contributed by atoms with Crippen LogP contribution < -0.4 is 14.8 Å². The Hall–Kier alpha value is -3.03. The van der Waals surface area contributed by atoms with Crippen LogP contribution in [0.5, 0.6) is 11.5 Å². The number of halogens is 1. The average Bonchev–Trinajstić information content (AvgIpc) is 2.79. The van der Waals surface area contributed by atoms with Crippen molar-refractivity contribution in [3.8, 4) is 11.5 Å². The average molecular weight is 485 g/mol. The van der Waals surface area contributed by atoms with Crippen molar-refractivity contribution >= 4 is 29.1 Å². The van der Waals surface area contributed by atoms with Crippen LogP contribution in [0.2, 0.25) is 5.02 Å². The summed E-state index contributed by atoms with van der Waals surface area (Å²) in [5.74, 6) is 0.318. The Kier molecular flexibility index (Phi) is 7.14. The van der Waals surface area contributed by atoms with Crippen LogP contribution in [0.4, 0.5) is 0 Å². The van der Waals surface area contributed by atoms with Gasteiger partial charge in [-0.15, -0.1) is 0 Å². The first-order chi connectivity index (χ1) is 16.2. The molecule has 2 atom stereocenters. The SMILES string of the molecule is CC(=O)N1CC2CC(c3ccc(OCCOc4cc(C)c(C)cc4Cl)cc3)=C(C(=O)O)[C@@H](C1)N2. The molecular formula is C26H29ClN2O5. The van der Waals surface area contributed by atoms with E-state index >= 15 is 0 Å². The smallest absolute Gasteiger partial charge is 0.333 e. The number of piperazine rings is 1. The van der Waals surface area contributed by atoms with Crippen LogP contribution in [0.1, 0.15) is 30.0 Å². The van der Waals surface area contributed by atoms with Gasteiger partial charge in [-0.1, -0.05) is 23.7 Å². The van der Waals surface area contributed by atoms with Gasteiger partial charge < -0.3 is 24.8 Å². The molecule has 2 aliphatic heterocycles. The Labute approximate surface area is 204 Å².